The van der Waals surface area contributed by atoms with Gasteiger partial charge in [0.15, 0.2) is 0 Å². The fourth-order valence-electron chi connectivity index (χ4n) is 14.0. The van der Waals surface area contributed by atoms with Crippen LogP contribution in [0.5, 0.6) is 46.0 Å². The fourth-order valence-corrected chi connectivity index (χ4v) is 14.0. The third kappa shape index (κ3) is 13.2. The summed E-state index contributed by atoms with van der Waals surface area (Å²) in [5.41, 5.74) is 13.8. The number of methoxy groups -OCH3 is 8. The quantitative estimate of drug-likeness (QED) is 0.0654. The molecule has 20 nitrogen and oxygen atoms in total. The zero-order chi connectivity index (χ0) is 73.5. The van der Waals surface area contributed by atoms with Crippen molar-refractivity contribution in [3.05, 3.63) is 267 Å². The summed E-state index contributed by atoms with van der Waals surface area (Å²) < 4.78 is 46.7. The predicted molar refractivity (Wildman–Crippen MR) is 425 cm³/mol. The van der Waals surface area contributed by atoms with E-state index in [9.17, 15) is 0 Å². The second kappa shape index (κ2) is 29.6. The average Bonchev–Trinajstić information content (AvgIpc) is 1.60. The van der Waals surface area contributed by atoms with Gasteiger partial charge in [-0.3, -0.25) is 0 Å². The minimum absolute atomic E-state index is 0. The van der Waals surface area contributed by atoms with Gasteiger partial charge in [-0.05, 0) is 179 Å². The number of ether oxygens (including phenoxy) is 8. The summed E-state index contributed by atoms with van der Waals surface area (Å²) in [6, 6.07) is 88.0. The molecule has 5 heterocycles. The molecule has 0 saturated carbocycles. The summed E-state index contributed by atoms with van der Waals surface area (Å²) in [5.74, 6) is 6.79. The van der Waals surface area contributed by atoms with E-state index in [1.54, 1.807) is 56.9 Å². The second-order valence-corrected chi connectivity index (χ2v) is 25.4. The van der Waals surface area contributed by atoms with Crippen molar-refractivity contribution in [1.82, 2.24) is 39.9 Å². The van der Waals surface area contributed by atoms with E-state index in [0.29, 0.717) is 136 Å². The van der Waals surface area contributed by atoms with Gasteiger partial charge in [0.1, 0.15) is 46.0 Å². The minimum atomic E-state index is 0. The molecular formula is C88H68CuN12O8. The van der Waals surface area contributed by atoms with Crippen LogP contribution in [0.3, 0.4) is 0 Å². The molecule has 2 aliphatic rings. The number of aromatic nitrogens is 8. The molecule has 8 bridgehead atoms. The number of hydrogen-bond acceptors (Lipinski definition) is 18. The number of anilines is 12. The monoisotopic (exact) mass is 1480 g/mol. The van der Waals surface area contributed by atoms with Crippen molar-refractivity contribution in [1.29, 1.82) is 0 Å². The molecule has 0 spiro atoms. The summed E-state index contributed by atoms with van der Waals surface area (Å²) >= 11 is 0. The van der Waals surface area contributed by atoms with E-state index in [2.05, 4.69) is 68.1 Å². The standard InChI is InChI=1S/C88H68N12O8.Cu/c1-101-65-25-9-17-53(41-65)97(54-18-10-26-66(42-54)102-2)61-33-37-73-77(49-61)85-89-81(73)94-86-79-51-63(99(57-21-13-29-69(45-57)105-5)58-22-14-30-70(46-58)106-6)35-39-75(79)83(91-86)96-88-80-52-64(100(59-23-15-31-71(47-59)107-7)60-24-16-32-72(48-60)108-8)36-40-76(80)84(92-88)95-87-78-50-62(34-38-74(78)82(90-87)93-85)98(55-19-11-27-67(43-55)103-3)56-20-12-28-68(44-56)104-4;/h9-52H,1-8H3;/q-2;+2. The number of rotatable bonds is 20. The Bertz CT molecular complexity index is 5630. The molecule has 12 aromatic carbocycles. The van der Waals surface area contributed by atoms with Crippen molar-refractivity contribution >= 4 is 112 Å². The molecule has 0 saturated heterocycles. The molecule has 539 valence electrons. The molecule has 15 aromatic rings. The Morgan fingerprint density at radius 3 is 0.642 bits per heavy atom. The van der Waals surface area contributed by atoms with Crippen LogP contribution in [0, 0.1) is 0 Å². The molecule has 0 unspecified atom stereocenters. The smallest absolute Gasteiger partial charge is 0.497 e. The summed E-state index contributed by atoms with van der Waals surface area (Å²) in [6.45, 7) is 0. The van der Waals surface area contributed by atoms with Gasteiger partial charge < -0.3 is 87.4 Å². The van der Waals surface area contributed by atoms with Crippen molar-refractivity contribution in [2.24, 2.45) is 0 Å². The normalized spacial score (nSPS) is 11.2. The fraction of sp³-hybridized carbons (Fsp3) is 0.0909. The van der Waals surface area contributed by atoms with Crippen molar-refractivity contribution in [3.8, 4) is 91.5 Å². The molecule has 3 aromatic heterocycles. The van der Waals surface area contributed by atoms with E-state index >= 15 is 0 Å². The number of nitrogens with zero attached hydrogens (tertiary/aromatic N) is 12. The molecule has 109 heavy (non-hydrogen) atoms. The van der Waals surface area contributed by atoms with Crippen LogP contribution < -0.4 is 67.5 Å². The molecule has 1 radical (unpaired) electrons. The van der Waals surface area contributed by atoms with E-state index in [-0.39, 0.29) is 17.1 Å². The Balaban J connectivity index is 0.00000904. The largest absolute Gasteiger partial charge is 2.00 e. The molecule has 17 rings (SSSR count). The molecular weight excluding hydrogens is 1420 g/mol. The van der Waals surface area contributed by atoms with Crippen LogP contribution in [0.15, 0.2) is 267 Å². The van der Waals surface area contributed by atoms with E-state index in [4.69, 9.17) is 77.8 Å². The van der Waals surface area contributed by atoms with Crippen LogP contribution in [0.1, 0.15) is 0 Å². The molecule has 0 atom stereocenters. The van der Waals surface area contributed by atoms with Gasteiger partial charge in [0.05, 0.1) is 80.2 Å². The molecule has 0 aliphatic carbocycles. The summed E-state index contributed by atoms with van der Waals surface area (Å²) in [5, 5.41) is 2.71. The van der Waals surface area contributed by atoms with E-state index < -0.39 is 0 Å². The number of fused-ring (bicyclic) bond motifs is 20. The number of hydrogen-bond donors (Lipinski definition) is 0. The summed E-state index contributed by atoms with van der Waals surface area (Å²) in [6.07, 6.45) is 0. The van der Waals surface area contributed by atoms with Gasteiger partial charge in [-0.1, -0.05) is 60.7 Å². The van der Waals surface area contributed by atoms with E-state index in [0.717, 1.165) is 68.2 Å². The Hall–Kier alpha value is -13.9. The second-order valence-electron chi connectivity index (χ2n) is 25.4. The summed E-state index contributed by atoms with van der Waals surface area (Å²) in [4.78, 5) is 52.7. The Morgan fingerprint density at radius 1 is 0.202 bits per heavy atom. The Kier molecular flexibility index (Phi) is 18.9. The molecule has 0 amide bonds. The first-order chi connectivity index (χ1) is 53.1. The first-order valence-corrected chi connectivity index (χ1v) is 34.7. The van der Waals surface area contributed by atoms with Crippen molar-refractivity contribution in [2.45, 2.75) is 0 Å². The van der Waals surface area contributed by atoms with Crippen LogP contribution in [0.4, 0.5) is 68.2 Å². The first kappa shape index (κ1) is 69.5. The zero-order valence-corrected chi connectivity index (χ0v) is 61.3. The van der Waals surface area contributed by atoms with Crippen LogP contribution in [0.25, 0.3) is 89.7 Å². The van der Waals surface area contributed by atoms with E-state index in [1.165, 1.54) is 0 Å². The van der Waals surface area contributed by atoms with Gasteiger partial charge in [-0.15, -0.1) is 0 Å². The van der Waals surface area contributed by atoms with Gasteiger partial charge in [-0.2, -0.15) is 0 Å². The van der Waals surface area contributed by atoms with Crippen molar-refractivity contribution in [2.75, 3.05) is 76.5 Å². The minimum Gasteiger partial charge on any atom is -0.497 e. The van der Waals surface area contributed by atoms with Crippen LogP contribution in [-0.4, -0.2) is 86.8 Å². The maximum atomic E-state index is 5.84. The SMILES string of the molecule is COc1cccc(N(c2cccc(OC)c2)c2ccc3c(c2)-c2nc-3nc3[n-]c(nc4nc(nc5[n-]c(n2)c2ccc(N(c6cccc(OC)c6)c6cccc(OC)c6)cc52)-c2ccc(N(c5cccc(OC)c5)c5cccc(OC)c5)cc2-4)c2ccc(N(c4cccc(OC)c4)c4cccc(OC)c4)cc32)c1.[Cu+2]. The van der Waals surface area contributed by atoms with E-state index in [1.807, 2.05) is 218 Å². The third-order valence-corrected chi connectivity index (χ3v) is 19.2. The topological polar surface area (TPSA) is 192 Å². The molecule has 0 fully saturated rings. The first-order valence-electron chi connectivity index (χ1n) is 34.7. The van der Waals surface area contributed by atoms with Crippen molar-refractivity contribution in [3.63, 3.8) is 0 Å². The van der Waals surface area contributed by atoms with Gasteiger partial charge in [0.2, 0.25) is 0 Å². The van der Waals surface area contributed by atoms with Gasteiger partial charge in [0, 0.05) is 162 Å². The molecule has 0 N–H and O–H groups in total. The predicted octanol–water partition coefficient (Wildman–Crippen LogP) is 20.1. The maximum absolute atomic E-state index is 5.84. The molecule has 21 heteroatoms. The third-order valence-electron chi connectivity index (χ3n) is 19.2. The molecule has 2 aliphatic heterocycles. The van der Waals surface area contributed by atoms with Gasteiger partial charge >= 0.3 is 17.1 Å². The Labute approximate surface area is 638 Å². The van der Waals surface area contributed by atoms with Gasteiger partial charge in [0.25, 0.3) is 0 Å². The van der Waals surface area contributed by atoms with Crippen LogP contribution in [0.2, 0.25) is 0 Å². The Morgan fingerprint density at radius 2 is 0.404 bits per heavy atom. The average molecular weight is 1490 g/mol. The van der Waals surface area contributed by atoms with Gasteiger partial charge in [-0.25, -0.2) is 9.97 Å². The maximum Gasteiger partial charge on any atom is 2.00 e. The number of benzene rings is 12. The van der Waals surface area contributed by atoms with Crippen molar-refractivity contribution < 1.29 is 55.0 Å². The van der Waals surface area contributed by atoms with Crippen LogP contribution in [-0.2, 0) is 17.1 Å². The van der Waals surface area contributed by atoms with Crippen LogP contribution >= 0.6 is 0 Å². The summed E-state index contributed by atoms with van der Waals surface area (Å²) in [7, 11) is 13.3. The zero-order valence-electron chi connectivity index (χ0n) is 60.3.